The predicted octanol–water partition coefficient (Wildman–Crippen LogP) is 5.37. The van der Waals surface area contributed by atoms with E-state index in [1.807, 2.05) is 62.6 Å². The fourth-order valence-corrected chi connectivity index (χ4v) is 4.70. The molecule has 0 saturated heterocycles. The first-order chi connectivity index (χ1) is 16.2. The van der Waals surface area contributed by atoms with Crippen LogP contribution < -0.4 is 10.6 Å². The highest BCUT2D eigenvalue weighted by Gasteiger charge is 2.21. The molecule has 0 aliphatic carbocycles. The fourth-order valence-electron chi connectivity index (χ4n) is 3.39. The van der Waals surface area contributed by atoms with E-state index in [0.29, 0.717) is 23.1 Å². The van der Waals surface area contributed by atoms with Crippen LogP contribution in [0.3, 0.4) is 0 Å². The molecule has 3 rings (SSSR count). The summed E-state index contributed by atoms with van der Waals surface area (Å²) in [6, 6.07) is 11.0. The van der Waals surface area contributed by atoms with Crippen molar-refractivity contribution in [3.05, 3.63) is 81.6 Å². The molecule has 3 aromatic rings. The first kappa shape index (κ1) is 25.7. The highest BCUT2D eigenvalue weighted by molar-refractivity contribution is 9.10. The summed E-state index contributed by atoms with van der Waals surface area (Å²) in [6.45, 7) is 12.1. The minimum Gasteiger partial charge on any atom is -0.342 e. The predicted molar refractivity (Wildman–Crippen MR) is 140 cm³/mol. The number of rotatable bonds is 9. The third kappa shape index (κ3) is 6.15. The third-order valence-electron chi connectivity index (χ3n) is 5.37. The number of carbonyl (C=O) groups excluding carboxylic acids is 2. The highest BCUT2D eigenvalue weighted by atomic mass is 79.9. The van der Waals surface area contributed by atoms with Gasteiger partial charge in [-0.05, 0) is 78.5 Å². The van der Waals surface area contributed by atoms with Crippen molar-refractivity contribution in [3.63, 3.8) is 0 Å². The molecule has 1 aromatic heterocycles. The van der Waals surface area contributed by atoms with E-state index in [-0.39, 0.29) is 23.6 Å². The van der Waals surface area contributed by atoms with Crippen molar-refractivity contribution in [2.75, 3.05) is 11.1 Å². The van der Waals surface area contributed by atoms with Crippen molar-refractivity contribution in [2.45, 2.75) is 45.4 Å². The maximum Gasteiger partial charge on any atom is 0.252 e. The number of benzene rings is 2. The number of hydrogen-bond acceptors (Lipinski definition) is 5. The molecule has 34 heavy (non-hydrogen) atoms. The van der Waals surface area contributed by atoms with Crippen LogP contribution in [0.25, 0.3) is 0 Å². The van der Waals surface area contributed by atoms with Crippen molar-refractivity contribution in [2.24, 2.45) is 0 Å². The van der Waals surface area contributed by atoms with Crippen molar-refractivity contribution in [3.8, 4) is 0 Å². The molecule has 0 saturated carbocycles. The van der Waals surface area contributed by atoms with Crippen LogP contribution in [0.4, 0.5) is 5.69 Å². The zero-order valence-electron chi connectivity index (χ0n) is 19.7. The quantitative estimate of drug-likeness (QED) is 0.280. The second-order valence-corrected chi connectivity index (χ2v) is 9.80. The Bertz CT molecular complexity index is 1220. The Balaban J connectivity index is 1.69. The Morgan fingerprint density at radius 1 is 1.15 bits per heavy atom. The lowest BCUT2D eigenvalue weighted by atomic mass is 10.1. The average molecular weight is 543 g/mol. The summed E-state index contributed by atoms with van der Waals surface area (Å²) in [5.74, 6) is 0.441. The molecule has 0 bridgehead atoms. The van der Waals surface area contributed by atoms with Gasteiger partial charge in [0.2, 0.25) is 5.91 Å². The van der Waals surface area contributed by atoms with Gasteiger partial charge in [0, 0.05) is 16.6 Å². The molecule has 7 nitrogen and oxygen atoms in total. The zero-order valence-corrected chi connectivity index (χ0v) is 22.1. The molecule has 0 fully saturated rings. The van der Waals surface area contributed by atoms with Crippen LogP contribution in [0, 0.1) is 20.8 Å². The molecule has 0 radical (unpaired) electrons. The van der Waals surface area contributed by atoms with E-state index in [1.165, 1.54) is 11.8 Å². The van der Waals surface area contributed by atoms with Crippen LogP contribution in [0.1, 0.15) is 45.8 Å². The van der Waals surface area contributed by atoms with Crippen molar-refractivity contribution in [1.29, 1.82) is 0 Å². The van der Waals surface area contributed by atoms with Crippen molar-refractivity contribution >= 4 is 45.2 Å². The Hall–Kier alpha value is -2.91. The van der Waals surface area contributed by atoms with E-state index in [1.54, 1.807) is 12.1 Å². The molecule has 2 N–H and O–H groups in total. The zero-order chi connectivity index (χ0) is 24.8. The Morgan fingerprint density at radius 3 is 2.56 bits per heavy atom. The second kappa shape index (κ2) is 11.5. The van der Waals surface area contributed by atoms with Gasteiger partial charge in [0.15, 0.2) is 11.0 Å². The molecule has 9 heteroatoms. The number of nitrogens with one attached hydrogen (secondary N) is 2. The van der Waals surface area contributed by atoms with Crippen LogP contribution >= 0.6 is 27.7 Å². The molecule has 2 amide bonds. The van der Waals surface area contributed by atoms with E-state index in [9.17, 15) is 9.59 Å². The number of allylic oxidation sites excluding steroid dienone is 1. The summed E-state index contributed by atoms with van der Waals surface area (Å²) in [4.78, 5) is 25.3. The number of halogens is 1. The van der Waals surface area contributed by atoms with E-state index in [4.69, 9.17) is 0 Å². The number of carbonyl (C=O) groups is 2. The summed E-state index contributed by atoms with van der Waals surface area (Å²) in [5.41, 5.74) is 4.50. The van der Waals surface area contributed by atoms with Gasteiger partial charge in [-0.1, -0.05) is 36.0 Å². The lowest BCUT2D eigenvalue weighted by Crippen LogP contribution is -2.29. The van der Waals surface area contributed by atoms with E-state index in [2.05, 4.69) is 43.3 Å². The van der Waals surface area contributed by atoms with E-state index in [0.717, 1.165) is 26.9 Å². The molecular formula is C25H28BrN5O2S. The van der Waals surface area contributed by atoms with Crippen LogP contribution in [0.15, 0.2) is 58.7 Å². The van der Waals surface area contributed by atoms with Gasteiger partial charge >= 0.3 is 0 Å². The van der Waals surface area contributed by atoms with Gasteiger partial charge in [0.05, 0.1) is 17.5 Å². The molecule has 0 aliphatic rings. The summed E-state index contributed by atoms with van der Waals surface area (Å²) in [6.07, 6.45) is 1.74. The van der Waals surface area contributed by atoms with Crippen LogP contribution in [-0.2, 0) is 11.3 Å². The summed E-state index contributed by atoms with van der Waals surface area (Å²) in [5, 5.41) is 15.1. The topological polar surface area (TPSA) is 88.9 Å². The Kier molecular flexibility index (Phi) is 8.68. The molecule has 2 aromatic carbocycles. The van der Waals surface area contributed by atoms with Gasteiger partial charge in [-0.2, -0.15) is 0 Å². The molecule has 1 heterocycles. The number of thioether (sulfide) groups is 1. The molecule has 178 valence electrons. The number of aryl methyl sites for hydroxylation is 3. The largest absolute Gasteiger partial charge is 0.342 e. The monoisotopic (exact) mass is 541 g/mol. The summed E-state index contributed by atoms with van der Waals surface area (Å²) >= 11 is 4.79. The lowest BCUT2D eigenvalue weighted by Gasteiger charge is -2.16. The first-order valence-corrected chi connectivity index (χ1v) is 12.6. The molecule has 1 atom stereocenters. The summed E-state index contributed by atoms with van der Waals surface area (Å²) < 4.78 is 2.70. The highest BCUT2D eigenvalue weighted by Crippen LogP contribution is 2.27. The first-order valence-electron chi connectivity index (χ1n) is 10.8. The number of anilines is 1. The van der Waals surface area contributed by atoms with Gasteiger partial charge in [0.25, 0.3) is 5.91 Å². The van der Waals surface area contributed by atoms with E-state index < -0.39 is 0 Å². The molecule has 0 unspecified atom stereocenters. The van der Waals surface area contributed by atoms with Crippen LogP contribution in [0.5, 0.6) is 0 Å². The van der Waals surface area contributed by atoms with Crippen molar-refractivity contribution in [1.82, 2.24) is 20.1 Å². The van der Waals surface area contributed by atoms with Gasteiger partial charge < -0.3 is 15.2 Å². The molecular weight excluding hydrogens is 514 g/mol. The number of nitrogens with zero attached hydrogens (tertiary/aromatic N) is 3. The van der Waals surface area contributed by atoms with Crippen LogP contribution in [0.2, 0.25) is 0 Å². The van der Waals surface area contributed by atoms with Gasteiger partial charge in [0.1, 0.15) is 0 Å². The van der Waals surface area contributed by atoms with Gasteiger partial charge in [-0.15, -0.1) is 16.8 Å². The molecule has 0 spiro atoms. The minimum atomic E-state index is -0.380. The Labute approximate surface area is 212 Å². The van der Waals surface area contributed by atoms with Crippen LogP contribution in [-0.4, -0.2) is 32.3 Å². The average Bonchev–Trinajstić information content (AvgIpc) is 3.19. The Morgan fingerprint density at radius 2 is 1.85 bits per heavy atom. The minimum absolute atomic E-state index is 0.149. The normalized spacial score (nSPS) is 11.7. The molecule has 0 aliphatic heterocycles. The summed E-state index contributed by atoms with van der Waals surface area (Å²) in [7, 11) is 0. The SMILES string of the molecule is C=CCn1c(SCC(=O)Nc2cc(C)c(C)cc2Br)nnc1[C@H](C)NC(=O)c1ccccc1C. The van der Waals surface area contributed by atoms with Gasteiger partial charge in [-0.3, -0.25) is 9.59 Å². The smallest absolute Gasteiger partial charge is 0.252 e. The lowest BCUT2D eigenvalue weighted by molar-refractivity contribution is -0.113. The van der Waals surface area contributed by atoms with Crippen molar-refractivity contribution < 1.29 is 9.59 Å². The standard InChI is InChI=1S/C25H28BrN5O2S/c1-6-11-31-23(18(5)27-24(33)19-10-8-7-9-15(19)2)29-30-25(31)34-14-22(32)28-21-13-17(4)16(3)12-20(21)26/h6-10,12-13,18H,1,11,14H2,2-5H3,(H,27,33)(H,28,32)/t18-/m0/s1. The third-order valence-corrected chi connectivity index (χ3v) is 6.99. The maximum absolute atomic E-state index is 12.7. The van der Waals surface area contributed by atoms with Gasteiger partial charge in [-0.25, -0.2) is 0 Å². The number of aromatic nitrogens is 3. The fraction of sp³-hybridized carbons (Fsp3) is 0.280. The maximum atomic E-state index is 12.7. The number of hydrogen-bond donors (Lipinski definition) is 2. The second-order valence-electron chi connectivity index (χ2n) is 8.00. The number of amides is 2. The van der Waals surface area contributed by atoms with E-state index >= 15 is 0 Å².